The van der Waals surface area contributed by atoms with Gasteiger partial charge in [0, 0.05) is 18.7 Å². The topological polar surface area (TPSA) is 95.7 Å². The van der Waals surface area contributed by atoms with Crippen molar-refractivity contribution in [3.05, 3.63) is 33.4 Å². The monoisotopic (exact) mass is 321 g/mol. The van der Waals surface area contributed by atoms with Gasteiger partial charge in [-0.05, 0) is 45.6 Å². The molecule has 23 heavy (non-hydrogen) atoms. The van der Waals surface area contributed by atoms with Crippen molar-refractivity contribution in [3.8, 4) is 0 Å². The molecule has 1 aliphatic rings. The van der Waals surface area contributed by atoms with Gasteiger partial charge in [0.25, 0.3) is 5.69 Å². The molecule has 0 aliphatic carbocycles. The normalized spacial score (nSPS) is 18.8. The number of nitrogens with one attached hydrogen (secondary N) is 1. The zero-order valence-corrected chi connectivity index (χ0v) is 13.7. The first-order valence-electron chi connectivity index (χ1n) is 7.81. The molecule has 2 amide bonds. The summed E-state index contributed by atoms with van der Waals surface area (Å²) in [6.07, 6.45) is 1.85. The van der Waals surface area contributed by atoms with Gasteiger partial charge in [-0.2, -0.15) is 0 Å². The van der Waals surface area contributed by atoms with E-state index < -0.39 is 11.0 Å². The first kappa shape index (κ1) is 17.2. The molecule has 0 radical (unpaired) electrons. The highest BCUT2D eigenvalue weighted by Crippen LogP contribution is 2.30. The molecule has 1 heterocycles. The first-order chi connectivity index (χ1) is 10.8. The standard InChI is InChI=1S/C16H23N3O4/c1-10-6-7-14(19(22)23)12(3)15(10)17-16(21)18-8-4-5-13(18)9-11(2)20/h6-7,11,13,20H,4-5,8-9H2,1-3H3,(H,17,21). The molecule has 1 saturated heterocycles. The summed E-state index contributed by atoms with van der Waals surface area (Å²) in [6.45, 7) is 5.79. The summed E-state index contributed by atoms with van der Waals surface area (Å²) < 4.78 is 0. The van der Waals surface area contributed by atoms with E-state index in [9.17, 15) is 20.0 Å². The fourth-order valence-corrected chi connectivity index (χ4v) is 3.15. The highest BCUT2D eigenvalue weighted by atomic mass is 16.6. The van der Waals surface area contributed by atoms with E-state index >= 15 is 0 Å². The lowest BCUT2D eigenvalue weighted by Crippen LogP contribution is -2.40. The van der Waals surface area contributed by atoms with E-state index in [0.29, 0.717) is 24.2 Å². The SMILES string of the molecule is Cc1ccc([N+](=O)[O-])c(C)c1NC(=O)N1CCCC1CC(C)O. The van der Waals surface area contributed by atoms with Crippen LogP contribution in [0.1, 0.15) is 37.3 Å². The molecule has 0 saturated carbocycles. The van der Waals surface area contributed by atoms with Gasteiger partial charge >= 0.3 is 6.03 Å². The number of aliphatic hydroxyl groups excluding tert-OH is 1. The molecular weight excluding hydrogens is 298 g/mol. The Morgan fingerprint density at radius 2 is 2.22 bits per heavy atom. The van der Waals surface area contributed by atoms with Gasteiger partial charge in [-0.3, -0.25) is 10.1 Å². The van der Waals surface area contributed by atoms with Crippen molar-refractivity contribution in [1.29, 1.82) is 0 Å². The minimum absolute atomic E-state index is 0.00662. The molecule has 126 valence electrons. The Bertz CT molecular complexity index is 616. The average Bonchev–Trinajstić information content (AvgIpc) is 2.90. The van der Waals surface area contributed by atoms with E-state index in [2.05, 4.69) is 5.32 Å². The number of nitrogens with zero attached hydrogens (tertiary/aromatic N) is 2. The highest BCUT2D eigenvalue weighted by Gasteiger charge is 2.30. The second kappa shape index (κ2) is 6.95. The Morgan fingerprint density at radius 3 is 2.83 bits per heavy atom. The Balaban J connectivity index is 2.20. The van der Waals surface area contributed by atoms with Crippen LogP contribution >= 0.6 is 0 Å². The smallest absolute Gasteiger partial charge is 0.322 e. The van der Waals surface area contributed by atoms with Gasteiger partial charge in [0.1, 0.15) is 0 Å². The van der Waals surface area contributed by atoms with E-state index in [1.54, 1.807) is 24.8 Å². The van der Waals surface area contributed by atoms with Crippen molar-refractivity contribution in [2.75, 3.05) is 11.9 Å². The molecule has 7 heteroatoms. The molecule has 0 aromatic heterocycles. The van der Waals surface area contributed by atoms with Crippen LogP contribution in [0.15, 0.2) is 12.1 Å². The molecule has 2 atom stereocenters. The minimum Gasteiger partial charge on any atom is -0.393 e. The summed E-state index contributed by atoms with van der Waals surface area (Å²) in [7, 11) is 0. The van der Waals surface area contributed by atoms with Crippen LogP contribution < -0.4 is 5.32 Å². The maximum atomic E-state index is 12.6. The van der Waals surface area contributed by atoms with Crippen LogP contribution in [0.25, 0.3) is 0 Å². The molecular formula is C16H23N3O4. The van der Waals surface area contributed by atoms with Crippen LogP contribution in [0, 0.1) is 24.0 Å². The van der Waals surface area contributed by atoms with E-state index in [4.69, 9.17) is 0 Å². The van der Waals surface area contributed by atoms with Crippen LogP contribution in [-0.2, 0) is 0 Å². The molecule has 1 fully saturated rings. The number of rotatable bonds is 4. The maximum Gasteiger partial charge on any atom is 0.322 e. The number of hydrogen-bond donors (Lipinski definition) is 2. The third-order valence-corrected chi connectivity index (χ3v) is 4.32. The lowest BCUT2D eigenvalue weighted by Gasteiger charge is -2.26. The van der Waals surface area contributed by atoms with Crippen LogP contribution in [0.4, 0.5) is 16.2 Å². The quantitative estimate of drug-likeness (QED) is 0.658. The summed E-state index contributed by atoms with van der Waals surface area (Å²) in [5.41, 5.74) is 1.72. The molecule has 2 unspecified atom stereocenters. The number of aliphatic hydroxyl groups is 1. The Hall–Kier alpha value is -2.15. The molecule has 0 spiro atoms. The molecule has 1 aliphatic heterocycles. The van der Waals surface area contributed by atoms with E-state index in [1.165, 1.54) is 6.07 Å². The largest absolute Gasteiger partial charge is 0.393 e. The predicted octanol–water partition coefficient (Wildman–Crippen LogP) is 2.98. The van der Waals surface area contributed by atoms with Gasteiger partial charge in [-0.25, -0.2) is 4.79 Å². The van der Waals surface area contributed by atoms with E-state index in [-0.39, 0.29) is 17.8 Å². The molecule has 0 bridgehead atoms. The Labute approximate surface area is 135 Å². The van der Waals surface area contributed by atoms with Crippen molar-refractivity contribution in [1.82, 2.24) is 4.90 Å². The van der Waals surface area contributed by atoms with E-state index in [0.717, 1.165) is 18.4 Å². The van der Waals surface area contributed by atoms with Gasteiger partial charge in [-0.1, -0.05) is 6.07 Å². The molecule has 2 rings (SSSR count). The number of aryl methyl sites for hydroxylation is 1. The second-order valence-corrected chi connectivity index (χ2v) is 6.16. The molecule has 2 N–H and O–H groups in total. The third kappa shape index (κ3) is 3.79. The van der Waals surface area contributed by atoms with Gasteiger partial charge < -0.3 is 15.3 Å². The average molecular weight is 321 g/mol. The lowest BCUT2D eigenvalue weighted by atomic mass is 10.1. The first-order valence-corrected chi connectivity index (χ1v) is 7.81. The second-order valence-electron chi connectivity index (χ2n) is 6.16. The van der Waals surface area contributed by atoms with Crippen molar-refractivity contribution < 1.29 is 14.8 Å². The number of carbonyl (C=O) groups excluding carboxylic acids is 1. The zero-order chi connectivity index (χ0) is 17.1. The number of carbonyl (C=O) groups is 1. The summed E-state index contributed by atoms with van der Waals surface area (Å²) in [6, 6.07) is 2.83. The third-order valence-electron chi connectivity index (χ3n) is 4.32. The highest BCUT2D eigenvalue weighted by molar-refractivity contribution is 5.92. The van der Waals surface area contributed by atoms with Crippen molar-refractivity contribution in [3.63, 3.8) is 0 Å². The predicted molar refractivity (Wildman–Crippen MR) is 87.6 cm³/mol. The number of urea groups is 1. The summed E-state index contributed by atoms with van der Waals surface area (Å²) in [5.74, 6) is 0. The van der Waals surface area contributed by atoms with Crippen molar-refractivity contribution in [2.24, 2.45) is 0 Å². The van der Waals surface area contributed by atoms with Crippen LogP contribution in [0.2, 0.25) is 0 Å². The van der Waals surface area contributed by atoms with Crippen molar-refractivity contribution >= 4 is 17.4 Å². The van der Waals surface area contributed by atoms with Gasteiger partial charge in [0.05, 0.1) is 22.3 Å². The molecule has 1 aromatic rings. The lowest BCUT2D eigenvalue weighted by molar-refractivity contribution is -0.385. The number of anilines is 1. The van der Waals surface area contributed by atoms with Crippen LogP contribution in [-0.4, -0.2) is 39.7 Å². The van der Waals surface area contributed by atoms with Crippen molar-refractivity contribution in [2.45, 2.75) is 52.2 Å². The molecule has 1 aromatic carbocycles. The number of hydrogen-bond acceptors (Lipinski definition) is 4. The number of nitro groups is 1. The van der Waals surface area contributed by atoms with Gasteiger partial charge in [0.15, 0.2) is 0 Å². The number of likely N-dealkylation sites (tertiary alicyclic amines) is 1. The minimum atomic E-state index is -0.463. The fraction of sp³-hybridized carbons (Fsp3) is 0.562. The van der Waals surface area contributed by atoms with Crippen LogP contribution in [0.5, 0.6) is 0 Å². The van der Waals surface area contributed by atoms with Gasteiger partial charge in [-0.15, -0.1) is 0 Å². The Kier molecular flexibility index (Phi) is 5.20. The maximum absolute atomic E-state index is 12.6. The van der Waals surface area contributed by atoms with Crippen LogP contribution in [0.3, 0.4) is 0 Å². The van der Waals surface area contributed by atoms with Gasteiger partial charge in [0.2, 0.25) is 0 Å². The summed E-state index contributed by atoms with van der Waals surface area (Å²) >= 11 is 0. The van der Waals surface area contributed by atoms with E-state index in [1.807, 2.05) is 6.92 Å². The zero-order valence-electron chi connectivity index (χ0n) is 13.7. The fourth-order valence-electron chi connectivity index (χ4n) is 3.15. The summed E-state index contributed by atoms with van der Waals surface area (Å²) in [4.78, 5) is 24.9. The number of amides is 2. The number of nitro benzene ring substituents is 1. The summed E-state index contributed by atoms with van der Waals surface area (Å²) in [5, 5.41) is 23.4. The molecule has 7 nitrogen and oxygen atoms in total. The number of benzene rings is 1. The Morgan fingerprint density at radius 1 is 1.52 bits per heavy atom.